The molecule has 8 heteroatoms. The van der Waals surface area contributed by atoms with Gasteiger partial charge in [-0.25, -0.2) is 8.42 Å². The number of nitrogens with zero attached hydrogens (tertiary/aromatic N) is 3. The lowest BCUT2D eigenvalue weighted by molar-refractivity contribution is -0.136. The highest BCUT2D eigenvalue weighted by Crippen LogP contribution is 2.35. The molecule has 170 valence electrons. The fourth-order valence-electron chi connectivity index (χ4n) is 5.29. The Labute approximate surface area is 185 Å². The first-order valence-corrected chi connectivity index (χ1v) is 12.9. The number of carbonyl (C=O) groups excluding carboxylic acids is 2. The van der Waals surface area contributed by atoms with Crippen molar-refractivity contribution in [1.82, 2.24) is 9.21 Å². The Morgan fingerprint density at radius 2 is 1.61 bits per heavy atom. The van der Waals surface area contributed by atoms with Crippen LogP contribution in [0.5, 0.6) is 0 Å². The van der Waals surface area contributed by atoms with Crippen LogP contribution in [-0.2, 0) is 26.0 Å². The Morgan fingerprint density at radius 3 is 2.23 bits per heavy atom. The predicted molar refractivity (Wildman–Crippen MR) is 119 cm³/mol. The van der Waals surface area contributed by atoms with Crippen LogP contribution in [0.15, 0.2) is 23.1 Å². The largest absolute Gasteiger partial charge is 0.342 e. The summed E-state index contributed by atoms with van der Waals surface area (Å²) in [5, 5.41) is 0. The SMILES string of the molecule is CC(=O)N1c2ccc(S(=O)(=O)N3CCC(C(=O)N4CCCCCC4)CC3)cc2CC1C. The van der Waals surface area contributed by atoms with Gasteiger partial charge in [0.2, 0.25) is 21.8 Å². The molecule has 31 heavy (non-hydrogen) atoms. The smallest absolute Gasteiger partial charge is 0.243 e. The van der Waals surface area contributed by atoms with E-state index in [0.29, 0.717) is 32.4 Å². The second-order valence-electron chi connectivity index (χ2n) is 9.15. The standard InChI is InChI=1S/C23H33N3O4S/c1-17-15-20-16-21(7-8-22(20)26(17)18(2)27)31(29,30)25-13-9-19(10-14-25)23(28)24-11-5-3-4-6-12-24/h7-8,16-17,19H,3-6,9-15H2,1-2H3. The Balaban J connectivity index is 1.43. The maximum atomic E-state index is 13.3. The van der Waals surface area contributed by atoms with Crippen LogP contribution in [0, 0.1) is 5.92 Å². The molecule has 1 aromatic rings. The van der Waals surface area contributed by atoms with Crippen molar-refractivity contribution in [3.05, 3.63) is 23.8 Å². The zero-order chi connectivity index (χ0) is 22.2. The quantitative estimate of drug-likeness (QED) is 0.714. The minimum atomic E-state index is -3.61. The molecule has 1 aromatic carbocycles. The summed E-state index contributed by atoms with van der Waals surface area (Å²) in [4.78, 5) is 28.8. The summed E-state index contributed by atoms with van der Waals surface area (Å²) in [5.74, 6) is 0.0994. The van der Waals surface area contributed by atoms with Crippen LogP contribution in [0.2, 0.25) is 0 Å². The zero-order valence-electron chi connectivity index (χ0n) is 18.5. The molecule has 2 fully saturated rings. The Kier molecular flexibility index (Phi) is 6.40. The first kappa shape index (κ1) is 22.3. The van der Waals surface area contributed by atoms with Gasteiger partial charge in [0.15, 0.2) is 0 Å². The summed E-state index contributed by atoms with van der Waals surface area (Å²) >= 11 is 0. The van der Waals surface area contributed by atoms with Crippen molar-refractivity contribution in [2.75, 3.05) is 31.1 Å². The molecule has 7 nitrogen and oxygen atoms in total. The summed E-state index contributed by atoms with van der Waals surface area (Å²) in [6, 6.07) is 5.11. The van der Waals surface area contributed by atoms with E-state index in [2.05, 4.69) is 0 Å². The molecule has 3 heterocycles. The predicted octanol–water partition coefficient (Wildman–Crippen LogP) is 2.79. The molecule has 0 saturated carbocycles. The van der Waals surface area contributed by atoms with Crippen LogP contribution in [0.4, 0.5) is 5.69 Å². The molecule has 2 saturated heterocycles. The summed E-state index contributed by atoms with van der Waals surface area (Å²) in [6.45, 7) is 5.93. The van der Waals surface area contributed by atoms with E-state index in [1.54, 1.807) is 23.1 Å². The van der Waals surface area contributed by atoms with Gasteiger partial charge < -0.3 is 9.80 Å². The fourth-order valence-corrected chi connectivity index (χ4v) is 6.81. The van der Waals surface area contributed by atoms with E-state index < -0.39 is 10.0 Å². The molecule has 3 aliphatic rings. The number of fused-ring (bicyclic) bond motifs is 1. The molecule has 0 radical (unpaired) electrons. The minimum absolute atomic E-state index is 0.0296. The van der Waals surface area contributed by atoms with Crippen LogP contribution in [-0.4, -0.2) is 61.7 Å². The maximum Gasteiger partial charge on any atom is 0.243 e. The highest BCUT2D eigenvalue weighted by Gasteiger charge is 2.35. The molecule has 1 unspecified atom stereocenters. The van der Waals surface area contributed by atoms with Gasteiger partial charge in [0, 0.05) is 50.7 Å². The van der Waals surface area contributed by atoms with E-state index >= 15 is 0 Å². The molecule has 0 aromatic heterocycles. The minimum Gasteiger partial charge on any atom is -0.342 e. The van der Waals surface area contributed by atoms with Gasteiger partial charge in [-0.2, -0.15) is 4.31 Å². The number of sulfonamides is 1. The molecule has 0 spiro atoms. The summed E-state index contributed by atoms with van der Waals surface area (Å²) < 4.78 is 28.0. The molecular formula is C23H33N3O4S. The fraction of sp³-hybridized carbons (Fsp3) is 0.652. The number of carbonyl (C=O) groups is 2. The second kappa shape index (κ2) is 8.90. The van der Waals surface area contributed by atoms with Crippen LogP contribution in [0.3, 0.4) is 0 Å². The monoisotopic (exact) mass is 447 g/mol. The molecule has 2 amide bonds. The lowest BCUT2D eigenvalue weighted by atomic mass is 9.96. The summed E-state index contributed by atoms with van der Waals surface area (Å²) in [5.41, 5.74) is 1.70. The topological polar surface area (TPSA) is 78.0 Å². The highest BCUT2D eigenvalue weighted by atomic mass is 32.2. The Bertz CT molecular complexity index is 946. The van der Waals surface area contributed by atoms with E-state index in [0.717, 1.165) is 37.2 Å². The molecule has 0 bridgehead atoms. The van der Waals surface area contributed by atoms with Crippen LogP contribution in [0.1, 0.15) is 57.9 Å². The highest BCUT2D eigenvalue weighted by molar-refractivity contribution is 7.89. The van der Waals surface area contributed by atoms with Crippen molar-refractivity contribution >= 4 is 27.5 Å². The van der Waals surface area contributed by atoms with Gasteiger partial charge in [0.05, 0.1) is 4.90 Å². The molecule has 0 N–H and O–H groups in total. The lowest BCUT2D eigenvalue weighted by Crippen LogP contribution is -2.44. The third-order valence-corrected chi connectivity index (χ3v) is 8.86. The number of hydrogen-bond donors (Lipinski definition) is 0. The van der Waals surface area contributed by atoms with Crippen LogP contribution in [0.25, 0.3) is 0 Å². The molecule has 0 aliphatic carbocycles. The van der Waals surface area contributed by atoms with Crippen molar-refractivity contribution in [2.45, 2.75) is 69.7 Å². The van der Waals surface area contributed by atoms with E-state index in [4.69, 9.17) is 0 Å². The second-order valence-corrected chi connectivity index (χ2v) is 11.1. The zero-order valence-corrected chi connectivity index (χ0v) is 19.4. The number of anilines is 1. The van der Waals surface area contributed by atoms with Crippen molar-refractivity contribution < 1.29 is 18.0 Å². The molecule has 1 atom stereocenters. The van der Waals surface area contributed by atoms with E-state index in [9.17, 15) is 18.0 Å². The van der Waals surface area contributed by atoms with E-state index in [1.807, 2.05) is 11.8 Å². The van der Waals surface area contributed by atoms with Gasteiger partial charge in [-0.1, -0.05) is 12.8 Å². The third kappa shape index (κ3) is 4.37. The van der Waals surface area contributed by atoms with Crippen LogP contribution < -0.4 is 4.90 Å². The molecular weight excluding hydrogens is 414 g/mol. The summed E-state index contributed by atoms with van der Waals surface area (Å²) in [7, 11) is -3.61. The van der Waals surface area contributed by atoms with Crippen LogP contribution >= 0.6 is 0 Å². The summed E-state index contributed by atoms with van der Waals surface area (Å²) in [6.07, 6.45) is 6.32. The lowest BCUT2D eigenvalue weighted by Gasteiger charge is -2.33. The van der Waals surface area contributed by atoms with Crippen molar-refractivity contribution in [2.24, 2.45) is 5.92 Å². The molecule has 3 aliphatic heterocycles. The first-order valence-electron chi connectivity index (χ1n) is 11.5. The van der Waals surface area contributed by atoms with Crippen molar-refractivity contribution in [3.63, 3.8) is 0 Å². The van der Waals surface area contributed by atoms with Gasteiger partial charge in [-0.3, -0.25) is 9.59 Å². The number of rotatable bonds is 3. The normalized spacial score (nSPS) is 23.5. The van der Waals surface area contributed by atoms with Gasteiger partial charge in [-0.05, 0) is 62.8 Å². The number of amides is 2. The average Bonchev–Trinajstić information content (AvgIpc) is 2.90. The van der Waals surface area contributed by atoms with Gasteiger partial charge in [0.1, 0.15) is 0 Å². The maximum absolute atomic E-state index is 13.3. The van der Waals surface area contributed by atoms with Gasteiger partial charge in [-0.15, -0.1) is 0 Å². The number of benzene rings is 1. The van der Waals surface area contributed by atoms with E-state index in [-0.39, 0.29) is 28.7 Å². The molecule has 4 rings (SSSR count). The van der Waals surface area contributed by atoms with Crippen molar-refractivity contribution in [1.29, 1.82) is 0 Å². The average molecular weight is 448 g/mol. The van der Waals surface area contributed by atoms with Crippen molar-refractivity contribution in [3.8, 4) is 0 Å². The van der Waals surface area contributed by atoms with Gasteiger partial charge in [0.25, 0.3) is 0 Å². The van der Waals surface area contributed by atoms with Gasteiger partial charge >= 0.3 is 0 Å². The number of hydrogen-bond acceptors (Lipinski definition) is 4. The third-order valence-electron chi connectivity index (χ3n) is 6.96. The Hall–Kier alpha value is -1.93. The van der Waals surface area contributed by atoms with E-state index in [1.165, 1.54) is 24.1 Å². The first-order chi connectivity index (χ1) is 14.8. The number of piperidine rings is 1. The number of likely N-dealkylation sites (tertiary alicyclic amines) is 1. The Morgan fingerprint density at radius 1 is 0.968 bits per heavy atom.